The summed E-state index contributed by atoms with van der Waals surface area (Å²) >= 11 is 12.1. The number of carboxylic acids is 1. The number of hydrogen-bond acceptors (Lipinski definition) is 4. The molecule has 0 aliphatic rings. The van der Waals surface area contributed by atoms with Crippen molar-refractivity contribution < 1.29 is 14.6 Å². The molecule has 0 fully saturated rings. The molecule has 0 amide bonds. The number of benzene rings is 1. The van der Waals surface area contributed by atoms with E-state index in [-0.39, 0.29) is 11.7 Å². The fourth-order valence-corrected chi connectivity index (χ4v) is 2.46. The van der Waals surface area contributed by atoms with Crippen LogP contribution in [0.3, 0.4) is 0 Å². The molecule has 5 nitrogen and oxygen atoms in total. The van der Waals surface area contributed by atoms with Gasteiger partial charge in [0.15, 0.2) is 0 Å². The Hall–Kier alpha value is -1.85. The average molecular weight is 341 g/mol. The van der Waals surface area contributed by atoms with Gasteiger partial charge in [0.1, 0.15) is 0 Å². The van der Waals surface area contributed by atoms with Crippen LogP contribution in [0.25, 0.3) is 0 Å². The minimum absolute atomic E-state index is 0.262. The number of aromatic carboxylic acids is 1. The maximum absolute atomic E-state index is 11.1. The fraction of sp³-hybridized carbons (Fsp3) is 0.267. The molecule has 22 heavy (non-hydrogen) atoms. The van der Waals surface area contributed by atoms with Gasteiger partial charge in [0, 0.05) is 27.7 Å². The molecule has 0 aliphatic heterocycles. The average Bonchev–Trinajstić information content (AvgIpc) is 2.44. The molecule has 2 rings (SSSR count). The van der Waals surface area contributed by atoms with E-state index < -0.39 is 5.97 Å². The van der Waals surface area contributed by atoms with Gasteiger partial charge in [0.2, 0.25) is 11.7 Å². The zero-order chi connectivity index (χ0) is 16.3. The first-order valence-electron chi connectivity index (χ1n) is 6.60. The Bertz CT molecular complexity index is 720. The fourth-order valence-electron chi connectivity index (χ4n) is 1.98. The third kappa shape index (κ3) is 3.67. The van der Waals surface area contributed by atoms with Crippen LogP contribution in [0.5, 0.6) is 5.88 Å². The predicted octanol–water partition coefficient (Wildman–Crippen LogP) is 3.78. The normalized spacial score (nSPS) is 10.5. The van der Waals surface area contributed by atoms with Gasteiger partial charge in [-0.25, -0.2) is 9.78 Å². The number of aryl methyl sites for hydroxylation is 1. The van der Waals surface area contributed by atoms with Gasteiger partial charge in [0.25, 0.3) is 0 Å². The topological polar surface area (TPSA) is 72.3 Å². The van der Waals surface area contributed by atoms with Gasteiger partial charge in [0.05, 0.1) is 6.61 Å². The molecule has 1 N–H and O–H groups in total. The Morgan fingerprint density at radius 3 is 2.64 bits per heavy atom. The SMILES string of the molecule is CCOc1nc(C(=O)O)nc(C)c1Cc1ccc(Cl)cc1Cl. The van der Waals surface area contributed by atoms with Gasteiger partial charge in [-0.05, 0) is 31.5 Å². The van der Waals surface area contributed by atoms with E-state index in [4.69, 9.17) is 33.0 Å². The first-order chi connectivity index (χ1) is 10.4. The van der Waals surface area contributed by atoms with Crippen molar-refractivity contribution in [1.82, 2.24) is 9.97 Å². The molecule has 0 spiro atoms. The van der Waals surface area contributed by atoms with E-state index in [9.17, 15) is 4.79 Å². The number of halogens is 2. The lowest BCUT2D eigenvalue weighted by atomic mass is 10.0. The van der Waals surface area contributed by atoms with Crippen molar-refractivity contribution in [2.75, 3.05) is 6.61 Å². The molecule has 2 aromatic rings. The van der Waals surface area contributed by atoms with Gasteiger partial charge < -0.3 is 9.84 Å². The number of nitrogens with zero attached hydrogens (tertiary/aromatic N) is 2. The Morgan fingerprint density at radius 1 is 1.32 bits per heavy atom. The molecule has 0 atom stereocenters. The summed E-state index contributed by atoms with van der Waals surface area (Å²) < 4.78 is 5.46. The van der Waals surface area contributed by atoms with E-state index in [1.165, 1.54) is 0 Å². The highest BCUT2D eigenvalue weighted by Crippen LogP contribution is 2.28. The Morgan fingerprint density at radius 2 is 2.05 bits per heavy atom. The summed E-state index contributed by atoms with van der Waals surface area (Å²) in [5, 5.41) is 10.1. The van der Waals surface area contributed by atoms with Crippen molar-refractivity contribution >= 4 is 29.2 Å². The zero-order valence-corrected chi connectivity index (χ0v) is 13.6. The van der Waals surface area contributed by atoms with E-state index >= 15 is 0 Å². The minimum Gasteiger partial charge on any atom is -0.478 e. The number of ether oxygens (including phenoxy) is 1. The van der Waals surface area contributed by atoms with Crippen molar-refractivity contribution in [3.05, 3.63) is 50.9 Å². The quantitative estimate of drug-likeness (QED) is 0.896. The molecular formula is C15H14Cl2N2O3. The third-order valence-electron chi connectivity index (χ3n) is 3.03. The van der Waals surface area contributed by atoms with Gasteiger partial charge in [-0.1, -0.05) is 29.3 Å². The van der Waals surface area contributed by atoms with Crippen LogP contribution in [0.1, 0.15) is 34.4 Å². The molecule has 1 aromatic heterocycles. The van der Waals surface area contributed by atoms with Crippen molar-refractivity contribution in [2.24, 2.45) is 0 Å². The highest BCUT2D eigenvalue weighted by atomic mass is 35.5. The molecule has 0 radical (unpaired) electrons. The van der Waals surface area contributed by atoms with E-state index in [2.05, 4.69) is 9.97 Å². The van der Waals surface area contributed by atoms with Crippen LogP contribution >= 0.6 is 23.2 Å². The lowest BCUT2D eigenvalue weighted by Gasteiger charge is -2.13. The van der Waals surface area contributed by atoms with Gasteiger partial charge in [-0.15, -0.1) is 0 Å². The van der Waals surface area contributed by atoms with Crippen LogP contribution < -0.4 is 4.74 Å². The monoisotopic (exact) mass is 340 g/mol. The second-order valence-electron chi connectivity index (χ2n) is 4.57. The van der Waals surface area contributed by atoms with Crippen molar-refractivity contribution in [2.45, 2.75) is 20.3 Å². The maximum atomic E-state index is 11.1. The standard InChI is InChI=1S/C15H14Cl2N2O3/c1-3-22-14-11(8(2)18-13(19-14)15(20)21)6-9-4-5-10(16)7-12(9)17/h4-5,7H,3,6H2,1-2H3,(H,20,21). The van der Waals surface area contributed by atoms with E-state index in [1.54, 1.807) is 26.0 Å². The van der Waals surface area contributed by atoms with Crippen LogP contribution in [0.2, 0.25) is 10.0 Å². The first kappa shape index (κ1) is 16.5. The molecule has 0 saturated carbocycles. The summed E-state index contributed by atoms with van der Waals surface area (Å²) in [5.41, 5.74) is 2.08. The molecule has 116 valence electrons. The Labute approximate surface area is 137 Å². The summed E-state index contributed by atoms with van der Waals surface area (Å²) in [4.78, 5) is 19.0. The lowest BCUT2D eigenvalue weighted by Crippen LogP contribution is -2.11. The highest BCUT2D eigenvalue weighted by Gasteiger charge is 2.18. The molecule has 1 heterocycles. The van der Waals surface area contributed by atoms with E-state index in [0.29, 0.717) is 34.3 Å². The highest BCUT2D eigenvalue weighted by molar-refractivity contribution is 6.35. The van der Waals surface area contributed by atoms with Gasteiger partial charge in [-0.2, -0.15) is 4.98 Å². The van der Waals surface area contributed by atoms with E-state index in [1.807, 2.05) is 6.07 Å². The lowest BCUT2D eigenvalue weighted by molar-refractivity contribution is 0.0681. The van der Waals surface area contributed by atoms with Crippen LogP contribution in [-0.4, -0.2) is 27.7 Å². The maximum Gasteiger partial charge on any atom is 0.374 e. The molecular weight excluding hydrogens is 327 g/mol. The molecule has 1 aromatic carbocycles. The molecule has 7 heteroatoms. The number of hydrogen-bond donors (Lipinski definition) is 1. The first-order valence-corrected chi connectivity index (χ1v) is 7.35. The number of carboxylic acid groups (broad SMARTS) is 1. The molecule has 0 unspecified atom stereocenters. The zero-order valence-electron chi connectivity index (χ0n) is 12.1. The largest absolute Gasteiger partial charge is 0.478 e. The van der Waals surface area contributed by atoms with Crippen LogP contribution in [-0.2, 0) is 6.42 Å². The van der Waals surface area contributed by atoms with Crippen molar-refractivity contribution in [3.63, 3.8) is 0 Å². The minimum atomic E-state index is -1.19. The predicted molar refractivity (Wildman–Crippen MR) is 84.2 cm³/mol. The summed E-state index contributed by atoms with van der Waals surface area (Å²) in [5.74, 6) is -1.22. The van der Waals surface area contributed by atoms with Crippen LogP contribution in [0.4, 0.5) is 0 Å². The molecule has 0 saturated heterocycles. The van der Waals surface area contributed by atoms with Crippen LogP contribution in [0.15, 0.2) is 18.2 Å². The van der Waals surface area contributed by atoms with Crippen molar-refractivity contribution in [1.29, 1.82) is 0 Å². The summed E-state index contributed by atoms with van der Waals surface area (Å²) in [6.45, 7) is 3.89. The van der Waals surface area contributed by atoms with E-state index in [0.717, 1.165) is 5.56 Å². The number of carbonyl (C=O) groups is 1. The van der Waals surface area contributed by atoms with Crippen molar-refractivity contribution in [3.8, 4) is 5.88 Å². The van der Waals surface area contributed by atoms with Gasteiger partial charge in [-0.3, -0.25) is 0 Å². The summed E-state index contributed by atoms with van der Waals surface area (Å²) in [6.07, 6.45) is 0.428. The second-order valence-corrected chi connectivity index (χ2v) is 5.41. The number of rotatable bonds is 5. The molecule has 0 bridgehead atoms. The Kier molecular flexibility index (Phi) is 5.21. The third-order valence-corrected chi connectivity index (χ3v) is 3.62. The number of aromatic nitrogens is 2. The smallest absolute Gasteiger partial charge is 0.374 e. The van der Waals surface area contributed by atoms with Gasteiger partial charge >= 0.3 is 5.97 Å². The van der Waals surface area contributed by atoms with Crippen LogP contribution in [0, 0.1) is 6.92 Å². The molecule has 0 aliphatic carbocycles. The summed E-state index contributed by atoms with van der Waals surface area (Å²) in [6, 6.07) is 5.20. The Balaban J connectivity index is 2.47. The second kappa shape index (κ2) is 6.94. The summed E-state index contributed by atoms with van der Waals surface area (Å²) in [7, 11) is 0.